The molecule has 0 unspecified atom stereocenters. The van der Waals surface area contributed by atoms with E-state index in [2.05, 4.69) is 10.2 Å². The van der Waals surface area contributed by atoms with E-state index in [9.17, 15) is 4.79 Å². The molecule has 0 spiro atoms. The molecular formula is C9H13N3O2S2. The number of hydrogen-bond donors (Lipinski definition) is 1. The van der Waals surface area contributed by atoms with E-state index < -0.39 is 5.97 Å². The van der Waals surface area contributed by atoms with Crippen LogP contribution >= 0.6 is 23.1 Å². The smallest absolute Gasteiger partial charge is 0.330 e. The van der Waals surface area contributed by atoms with E-state index in [1.807, 2.05) is 19.0 Å². The molecule has 0 aliphatic carbocycles. The molecule has 0 aliphatic heterocycles. The zero-order valence-electron chi connectivity index (χ0n) is 9.30. The number of carboxylic acid groups (broad SMARTS) is 1. The van der Waals surface area contributed by atoms with Crippen molar-refractivity contribution in [2.24, 2.45) is 0 Å². The van der Waals surface area contributed by atoms with Gasteiger partial charge in [0.25, 0.3) is 0 Å². The fraction of sp³-hybridized carbons (Fsp3) is 0.444. The average molecular weight is 259 g/mol. The van der Waals surface area contributed by atoms with Gasteiger partial charge in [-0.3, -0.25) is 0 Å². The number of anilines is 1. The van der Waals surface area contributed by atoms with Crippen molar-refractivity contribution in [2.75, 3.05) is 24.7 Å². The second-order valence-electron chi connectivity index (χ2n) is 3.25. The topological polar surface area (TPSA) is 66.3 Å². The first-order valence-electron chi connectivity index (χ1n) is 4.54. The van der Waals surface area contributed by atoms with Gasteiger partial charge < -0.3 is 10.0 Å². The van der Waals surface area contributed by atoms with Crippen LogP contribution in [0.15, 0.2) is 16.0 Å². The van der Waals surface area contributed by atoms with Gasteiger partial charge in [0.05, 0.1) is 0 Å². The monoisotopic (exact) mass is 259 g/mol. The lowest BCUT2D eigenvalue weighted by atomic mass is 10.3. The molecule has 16 heavy (non-hydrogen) atoms. The van der Waals surface area contributed by atoms with Gasteiger partial charge in [0, 0.05) is 25.4 Å². The summed E-state index contributed by atoms with van der Waals surface area (Å²) in [5.74, 6) is -0.285. The number of nitrogens with zero attached hydrogens (tertiary/aromatic N) is 3. The standard InChI is InChI=1S/C9H13N3O2S2/c1-6(7(13)14)4-5-15-9-11-10-8(16-9)12(2)3/h4H,5H2,1-3H3,(H,13,14). The van der Waals surface area contributed by atoms with Crippen molar-refractivity contribution < 1.29 is 9.90 Å². The van der Waals surface area contributed by atoms with Crippen molar-refractivity contribution >= 4 is 34.2 Å². The van der Waals surface area contributed by atoms with Crippen LogP contribution < -0.4 is 4.90 Å². The SMILES string of the molecule is CC(=CCSc1nnc(N(C)C)s1)C(=O)O. The number of thioether (sulfide) groups is 1. The molecule has 0 saturated carbocycles. The highest BCUT2D eigenvalue weighted by molar-refractivity contribution is 8.01. The Morgan fingerprint density at radius 2 is 2.25 bits per heavy atom. The van der Waals surface area contributed by atoms with E-state index in [1.165, 1.54) is 23.1 Å². The Morgan fingerprint density at radius 3 is 2.75 bits per heavy atom. The van der Waals surface area contributed by atoms with Crippen molar-refractivity contribution in [3.8, 4) is 0 Å². The van der Waals surface area contributed by atoms with Crippen molar-refractivity contribution in [1.82, 2.24) is 10.2 Å². The quantitative estimate of drug-likeness (QED) is 0.641. The molecule has 0 saturated heterocycles. The van der Waals surface area contributed by atoms with Gasteiger partial charge in [-0.25, -0.2) is 4.79 Å². The van der Waals surface area contributed by atoms with Gasteiger partial charge in [-0.05, 0) is 6.92 Å². The van der Waals surface area contributed by atoms with Crippen LogP contribution in [0.5, 0.6) is 0 Å². The van der Waals surface area contributed by atoms with Gasteiger partial charge >= 0.3 is 5.97 Å². The van der Waals surface area contributed by atoms with E-state index in [-0.39, 0.29) is 0 Å². The minimum Gasteiger partial charge on any atom is -0.478 e. The summed E-state index contributed by atoms with van der Waals surface area (Å²) in [5, 5.41) is 17.5. The van der Waals surface area contributed by atoms with Crippen LogP contribution in [0.3, 0.4) is 0 Å². The second-order valence-corrected chi connectivity index (χ2v) is 5.47. The maximum absolute atomic E-state index is 10.5. The maximum Gasteiger partial charge on any atom is 0.330 e. The Balaban J connectivity index is 2.49. The summed E-state index contributed by atoms with van der Waals surface area (Å²) < 4.78 is 0.845. The number of rotatable bonds is 5. The van der Waals surface area contributed by atoms with E-state index in [1.54, 1.807) is 13.0 Å². The lowest BCUT2D eigenvalue weighted by Gasteiger charge is -2.03. The molecule has 88 valence electrons. The van der Waals surface area contributed by atoms with E-state index in [0.717, 1.165) is 9.47 Å². The van der Waals surface area contributed by atoms with Gasteiger partial charge in [0.15, 0.2) is 4.34 Å². The van der Waals surface area contributed by atoms with Crippen LogP contribution in [0.4, 0.5) is 5.13 Å². The summed E-state index contributed by atoms with van der Waals surface area (Å²) in [7, 11) is 3.81. The molecule has 0 fully saturated rings. The highest BCUT2D eigenvalue weighted by Crippen LogP contribution is 2.26. The molecule has 0 amide bonds. The van der Waals surface area contributed by atoms with Gasteiger partial charge in [-0.1, -0.05) is 29.2 Å². The van der Waals surface area contributed by atoms with Crippen molar-refractivity contribution in [3.05, 3.63) is 11.6 Å². The fourth-order valence-electron chi connectivity index (χ4n) is 0.767. The van der Waals surface area contributed by atoms with Crippen LogP contribution in [-0.2, 0) is 4.79 Å². The lowest BCUT2D eigenvalue weighted by molar-refractivity contribution is -0.132. The van der Waals surface area contributed by atoms with E-state index >= 15 is 0 Å². The molecule has 1 heterocycles. The van der Waals surface area contributed by atoms with Gasteiger partial charge in [-0.15, -0.1) is 10.2 Å². The molecule has 0 aromatic carbocycles. The second kappa shape index (κ2) is 5.86. The van der Waals surface area contributed by atoms with Crippen LogP contribution in [-0.4, -0.2) is 41.1 Å². The minimum absolute atomic E-state index is 0.352. The highest BCUT2D eigenvalue weighted by Gasteiger charge is 2.05. The molecule has 1 aromatic rings. The van der Waals surface area contributed by atoms with E-state index in [0.29, 0.717) is 11.3 Å². The third kappa shape index (κ3) is 3.82. The Labute approximate surface area is 102 Å². The van der Waals surface area contributed by atoms with Crippen LogP contribution in [0.2, 0.25) is 0 Å². The summed E-state index contributed by atoms with van der Waals surface area (Å²) in [5.41, 5.74) is 0.352. The van der Waals surface area contributed by atoms with Gasteiger partial charge in [0.1, 0.15) is 0 Å². The van der Waals surface area contributed by atoms with Crippen molar-refractivity contribution in [1.29, 1.82) is 0 Å². The minimum atomic E-state index is -0.883. The van der Waals surface area contributed by atoms with Crippen molar-refractivity contribution in [3.63, 3.8) is 0 Å². The van der Waals surface area contributed by atoms with E-state index in [4.69, 9.17) is 5.11 Å². The molecule has 1 rings (SSSR count). The third-order valence-electron chi connectivity index (χ3n) is 1.71. The molecule has 0 aliphatic rings. The first-order valence-corrected chi connectivity index (χ1v) is 6.34. The Kier molecular flexibility index (Phi) is 4.75. The average Bonchev–Trinajstić information content (AvgIpc) is 2.66. The number of hydrogen-bond acceptors (Lipinski definition) is 6. The molecular weight excluding hydrogens is 246 g/mol. The maximum atomic E-state index is 10.5. The lowest BCUT2D eigenvalue weighted by Crippen LogP contribution is -2.07. The first kappa shape index (κ1) is 13.0. The Bertz CT molecular complexity index is 401. The van der Waals surface area contributed by atoms with Crippen LogP contribution in [0, 0.1) is 0 Å². The summed E-state index contributed by atoms with van der Waals surface area (Å²) in [4.78, 5) is 12.4. The predicted octanol–water partition coefficient (Wildman–Crippen LogP) is 1.73. The third-order valence-corrected chi connectivity index (χ3v) is 3.86. The summed E-state index contributed by atoms with van der Waals surface area (Å²) in [6.07, 6.45) is 1.67. The van der Waals surface area contributed by atoms with Crippen LogP contribution in [0.1, 0.15) is 6.92 Å². The Hall–Kier alpha value is -1.08. The normalized spacial score (nSPS) is 11.6. The molecule has 0 bridgehead atoms. The van der Waals surface area contributed by atoms with Crippen LogP contribution in [0.25, 0.3) is 0 Å². The molecule has 1 N–H and O–H groups in total. The first-order chi connectivity index (χ1) is 7.50. The highest BCUT2D eigenvalue weighted by atomic mass is 32.2. The number of aromatic nitrogens is 2. The summed E-state index contributed by atoms with van der Waals surface area (Å²) >= 11 is 2.97. The van der Waals surface area contributed by atoms with Crippen molar-refractivity contribution in [2.45, 2.75) is 11.3 Å². The van der Waals surface area contributed by atoms with Gasteiger partial charge in [-0.2, -0.15) is 0 Å². The summed E-state index contributed by atoms with van der Waals surface area (Å²) in [6.45, 7) is 1.58. The molecule has 0 radical (unpaired) electrons. The molecule has 7 heteroatoms. The fourth-order valence-corrected chi connectivity index (χ4v) is 2.51. The number of carboxylic acids is 1. The largest absolute Gasteiger partial charge is 0.478 e. The molecule has 0 atom stereocenters. The molecule has 5 nitrogen and oxygen atoms in total. The number of aliphatic carboxylic acids is 1. The Morgan fingerprint density at radius 1 is 1.56 bits per heavy atom. The predicted molar refractivity (Wildman–Crippen MR) is 66.4 cm³/mol. The zero-order valence-corrected chi connectivity index (χ0v) is 10.9. The number of carbonyl (C=O) groups is 1. The van der Waals surface area contributed by atoms with Gasteiger partial charge in [0.2, 0.25) is 5.13 Å². The zero-order chi connectivity index (χ0) is 12.1. The summed E-state index contributed by atoms with van der Waals surface area (Å²) in [6, 6.07) is 0. The molecule has 1 aromatic heterocycles.